The minimum atomic E-state index is -0.895. The number of aromatic nitrogens is 1. The van der Waals surface area contributed by atoms with Crippen LogP contribution in [0.15, 0.2) is 132 Å². The Bertz CT molecular complexity index is 2560. The Kier molecular flexibility index (Phi) is 14.0. The molecule has 5 N–H and O–H groups in total. The molecule has 0 spiro atoms. The highest BCUT2D eigenvalue weighted by molar-refractivity contribution is 6.30. The highest BCUT2D eigenvalue weighted by Gasteiger charge is 2.37. The fourth-order valence-corrected chi connectivity index (χ4v) is 8.83. The number of aromatic amines is 1. The number of aromatic hydroxyl groups is 1. The number of hydrogen-bond donors (Lipinski definition) is 5. The van der Waals surface area contributed by atoms with Crippen molar-refractivity contribution in [3.8, 4) is 11.5 Å². The minimum Gasteiger partial charge on any atom is -0.506 e. The molecule has 3 saturated heterocycles. The lowest BCUT2D eigenvalue weighted by Crippen LogP contribution is -2.52. The third-order valence-electron chi connectivity index (χ3n) is 12.0. The standard InChI is InChI=1S/C50H52ClN5O7/c51-39-11-4-7-34(27-39)30-56(24-6-23-52-29-44(58)41-17-19-43(57)48-42(41)18-20-46(59)53-48)49(60)37-15-13-33(14-16-37)32-62-40-12-5-10-38(28-40)47(36-8-2-1-3-9-36)54-50(61)63-45-31-55-25-21-35(45)22-26-55/h1-5,7-20,27-28,35,44-45,47,52,57-58H,6,21-26,29-32H2,(H,53,59)(H,54,61)/t44-,45-,47-/m0/s1. The summed E-state index contributed by atoms with van der Waals surface area (Å²) in [4.78, 5) is 45.9. The van der Waals surface area contributed by atoms with Gasteiger partial charge >= 0.3 is 6.09 Å². The molecule has 4 heterocycles. The van der Waals surface area contributed by atoms with Crippen molar-refractivity contribution in [2.75, 3.05) is 39.3 Å². The van der Waals surface area contributed by atoms with Gasteiger partial charge in [0.25, 0.3) is 5.91 Å². The van der Waals surface area contributed by atoms with Crippen LogP contribution < -0.4 is 20.9 Å². The van der Waals surface area contributed by atoms with Crippen LogP contribution in [0.3, 0.4) is 0 Å². The van der Waals surface area contributed by atoms with Crippen molar-refractivity contribution in [1.82, 2.24) is 25.4 Å². The van der Waals surface area contributed by atoms with Gasteiger partial charge in [-0.05, 0) is 121 Å². The third kappa shape index (κ3) is 11.1. The van der Waals surface area contributed by atoms with Crippen LogP contribution in [0.1, 0.15) is 69.6 Å². The van der Waals surface area contributed by atoms with Crippen LogP contribution in [-0.4, -0.2) is 82.4 Å². The number of halogens is 1. The Morgan fingerprint density at radius 1 is 0.873 bits per heavy atom. The van der Waals surface area contributed by atoms with Gasteiger partial charge in [0.1, 0.15) is 24.2 Å². The van der Waals surface area contributed by atoms with E-state index in [1.54, 1.807) is 23.1 Å². The first kappa shape index (κ1) is 43.5. The van der Waals surface area contributed by atoms with Crippen molar-refractivity contribution in [2.24, 2.45) is 5.92 Å². The Labute approximate surface area is 371 Å². The van der Waals surface area contributed by atoms with Gasteiger partial charge in [-0.15, -0.1) is 0 Å². The highest BCUT2D eigenvalue weighted by Crippen LogP contribution is 2.32. The van der Waals surface area contributed by atoms with Gasteiger partial charge in [0.2, 0.25) is 5.56 Å². The average molecular weight is 870 g/mol. The maximum atomic E-state index is 14.0. The molecule has 9 rings (SSSR count). The van der Waals surface area contributed by atoms with E-state index in [-0.39, 0.29) is 42.0 Å². The summed E-state index contributed by atoms with van der Waals surface area (Å²) < 4.78 is 12.3. The summed E-state index contributed by atoms with van der Waals surface area (Å²) in [7, 11) is 0. The van der Waals surface area contributed by atoms with Gasteiger partial charge in [0.05, 0.1) is 17.7 Å². The Hall–Kier alpha value is -6.18. The number of aliphatic hydroxyl groups excluding tert-OH is 1. The second-order valence-electron chi connectivity index (χ2n) is 16.3. The fourth-order valence-electron chi connectivity index (χ4n) is 8.62. The van der Waals surface area contributed by atoms with Crippen LogP contribution in [0.5, 0.6) is 11.5 Å². The molecule has 0 aliphatic carbocycles. The van der Waals surface area contributed by atoms with Crippen LogP contribution in [0.2, 0.25) is 5.02 Å². The molecule has 3 atom stereocenters. The first-order valence-corrected chi connectivity index (χ1v) is 21.9. The number of H-pyrrole nitrogens is 1. The number of rotatable bonds is 17. The largest absolute Gasteiger partial charge is 0.506 e. The van der Waals surface area contributed by atoms with Crippen molar-refractivity contribution in [3.63, 3.8) is 0 Å². The lowest BCUT2D eigenvalue weighted by Gasteiger charge is -2.43. The normalized spacial score (nSPS) is 17.8. The highest BCUT2D eigenvalue weighted by atomic mass is 35.5. The summed E-state index contributed by atoms with van der Waals surface area (Å²) in [5, 5.41) is 28.8. The maximum absolute atomic E-state index is 14.0. The molecule has 12 nitrogen and oxygen atoms in total. The number of phenolic OH excluding ortho intramolecular Hbond substituents is 1. The molecule has 2 bridgehead atoms. The number of hydrogen-bond acceptors (Lipinski definition) is 9. The van der Waals surface area contributed by atoms with Crippen LogP contribution in [0.25, 0.3) is 10.9 Å². The van der Waals surface area contributed by atoms with Crippen LogP contribution in [0.4, 0.5) is 4.79 Å². The van der Waals surface area contributed by atoms with Gasteiger partial charge in [-0.1, -0.05) is 84.4 Å². The predicted octanol–water partition coefficient (Wildman–Crippen LogP) is 7.73. The number of aliphatic hydroxyl groups is 1. The second-order valence-corrected chi connectivity index (χ2v) is 16.8. The first-order chi connectivity index (χ1) is 30.7. The van der Waals surface area contributed by atoms with E-state index in [0.717, 1.165) is 54.7 Å². The minimum absolute atomic E-state index is 0.0672. The first-order valence-electron chi connectivity index (χ1n) is 21.5. The van der Waals surface area contributed by atoms with Crippen molar-refractivity contribution >= 4 is 34.5 Å². The molecule has 3 aliphatic heterocycles. The van der Waals surface area contributed by atoms with E-state index in [1.807, 2.05) is 97.1 Å². The van der Waals surface area contributed by atoms with Crippen molar-refractivity contribution < 1.29 is 29.3 Å². The smallest absolute Gasteiger partial charge is 0.408 e. The zero-order valence-electron chi connectivity index (χ0n) is 34.9. The number of amides is 2. The number of fused-ring (bicyclic) bond motifs is 4. The summed E-state index contributed by atoms with van der Waals surface area (Å²) in [6.07, 6.45) is 1.30. The monoisotopic (exact) mass is 869 g/mol. The van der Waals surface area contributed by atoms with Gasteiger partial charge in [-0.3, -0.25) is 14.5 Å². The lowest BCUT2D eigenvalue weighted by molar-refractivity contribution is -0.0336. The molecule has 1 aromatic heterocycles. The molecule has 0 radical (unpaired) electrons. The molecule has 63 heavy (non-hydrogen) atoms. The third-order valence-corrected chi connectivity index (χ3v) is 12.2. The number of carbonyl (C=O) groups is 2. The molecule has 13 heteroatoms. The van der Waals surface area contributed by atoms with Gasteiger partial charge in [0, 0.05) is 48.2 Å². The number of alkyl carbamates (subject to hydrolysis) is 1. The van der Waals surface area contributed by atoms with Gasteiger partial charge in [-0.25, -0.2) is 4.79 Å². The van der Waals surface area contributed by atoms with E-state index in [2.05, 4.69) is 20.5 Å². The van der Waals surface area contributed by atoms with Crippen LogP contribution in [0, 0.1) is 5.92 Å². The number of nitrogens with zero attached hydrogens (tertiary/aromatic N) is 2. The quantitative estimate of drug-likeness (QED) is 0.0579. The second kappa shape index (κ2) is 20.3. The van der Waals surface area contributed by atoms with E-state index in [4.69, 9.17) is 21.1 Å². The maximum Gasteiger partial charge on any atom is 0.408 e. The van der Waals surface area contributed by atoms with E-state index in [0.29, 0.717) is 59.3 Å². The molecule has 5 aromatic carbocycles. The summed E-state index contributed by atoms with van der Waals surface area (Å²) in [5.41, 5.74) is 4.62. The predicted molar refractivity (Wildman–Crippen MR) is 243 cm³/mol. The van der Waals surface area contributed by atoms with E-state index < -0.39 is 18.2 Å². The van der Waals surface area contributed by atoms with Crippen molar-refractivity contribution in [1.29, 1.82) is 0 Å². The molecule has 6 aromatic rings. The van der Waals surface area contributed by atoms with E-state index in [9.17, 15) is 24.6 Å². The average Bonchev–Trinajstić information content (AvgIpc) is 3.30. The number of benzene rings is 5. The van der Waals surface area contributed by atoms with Crippen molar-refractivity contribution in [2.45, 2.75) is 50.7 Å². The molecule has 2 amide bonds. The van der Waals surface area contributed by atoms with E-state index >= 15 is 0 Å². The number of pyridine rings is 1. The fraction of sp³-hybridized carbons (Fsp3) is 0.300. The van der Waals surface area contributed by atoms with Gasteiger partial charge in [0.15, 0.2) is 0 Å². The van der Waals surface area contributed by atoms with Crippen LogP contribution in [-0.2, 0) is 17.9 Å². The summed E-state index contributed by atoms with van der Waals surface area (Å²) >= 11 is 6.31. The number of phenols is 1. The Morgan fingerprint density at radius 3 is 2.41 bits per heavy atom. The Morgan fingerprint density at radius 2 is 1.65 bits per heavy atom. The summed E-state index contributed by atoms with van der Waals surface area (Å²) in [5.74, 6) is 0.849. The molecule has 3 aliphatic rings. The molecule has 0 unspecified atom stereocenters. The number of ether oxygens (including phenoxy) is 2. The molecule has 0 saturated carbocycles. The molecule has 3 fully saturated rings. The number of carbonyl (C=O) groups excluding carboxylic acids is 2. The topological polar surface area (TPSA) is 156 Å². The summed E-state index contributed by atoms with van der Waals surface area (Å²) in [6.45, 7) is 4.74. The zero-order chi connectivity index (χ0) is 43.7. The Balaban J connectivity index is 0.878. The van der Waals surface area contributed by atoms with E-state index in [1.165, 1.54) is 12.1 Å². The lowest BCUT2D eigenvalue weighted by atomic mass is 9.86. The van der Waals surface area contributed by atoms with Crippen LogP contribution >= 0.6 is 11.6 Å². The molecule has 326 valence electrons. The van der Waals surface area contributed by atoms with Crippen molar-refractivity contribution in [3.05, 3.63) is 176 Å². The SMILES string of the molecule is O=C(N[C@@H](c1ccccc1)c1cccc(OCc2ccc(C(=O)N(CCCNC[C@H](O)c3ccc(O)c4[nH]c(=O)ccc34)Cc3cccc(Cl)c3)cc2)c1)O[C@H]1CN2CCC1CC2. The van der Waals surface area contributed by atoms with Gasteiger partial charge < -0.3 is 40.2 Å². The number of piperidine rings is 3. The van der Waals surface area contributed by atoms with Gasteiger partial charge in [-0.2, -0.15) is 0 Å². The zero-order valence-corrected chi connectivity index (χ0v) is 35.7. The summed E-state index contributed by atoms with van der Waals surface area (Å²) in [6, 6.07) is 38.0. The molecular weight excluding hydrogens is 818 g/mol. The molecular formula is C50H52ClN5O7. The number of nitrogens with one attached hydrogen (secondary N) is 3.